The van der Waals surface area contributed by atoms with Crippen LogP contribution in [0, 0.1) is 15.9 Å². The minimum absolute atomic E-state index is 0.186. The number of hydrogen-bond acceptors (Lipinski definition) is 5. The molecule has 0 radical (unpaired) electrons. The fraction of sp³-hybridized carbons (Fsp3) is 0.300. The summed E-state index contributed by atoms with van der Waals surface area (Å²) in [6, 6.07) is 1.46. The van der Waals surface area contributed by atoms with Crippen molar-refractivity contribution < 1.29 is 14.1 Å². The highest BCUT2D eigenvalue weighted by Crippen LogP contribution is 2.25. The van der Waals surface area contributed by atoms with Gasteiger partial charge in [0.15, 0.2) is 5.82 Å². The molecule has 8 heteroatoms. The Morgan fingerprint density at radius 2 is 2.11 bits per heavy atom. The van der Waals surface area contributed by atoms with Gasteiger partial charge < -0.3 is 10.7 Å². The van der Waals surface area contributed by atoms with Gasteiger partial charge in [0.05, 0.1) is 16.7 Å². The molecule has 7 nitrogen and oxygen atoms in total. The van der Waals surface area contributed by atoms with Crippen molar-refractivity contribution in [3.05, 3.63) is 33.6 Å². The number of anilines is 1. The summed E-state index contributed by atoms with van der Waals surface area (Å²) in [6.45, 7) is 3.41. The van der Waals surface area contributed by atoms with E-state index in [4.69, 9.17) is 5.84 Å². The third-order valence-corrected chi connectivity index (χ3v) is 2.10. The molecule has 0 unspecified atom stereocenters. The minimum Gasteiger partial charge on any atom is -0.350 e. The summed E-state index contributed by atoms with van der Waals surface area (Å²) in [4.78, 5) is 21.7. The number of halogens is 1. The van der Waals surface area contributed by atoms with Gasteiger partial charge in [0.2, 0.25) is 0 Å². The van der Waals surface area contributed by atoms with Crippen molar-refractivity contribution in [1.29, 1.82) is 0 Å². The molecule has 0 saturated heterocycles. The van der Waals surface area contributed by atoms with Crippen LogP contribution in [0.15, 0.2) is 12.1 Å². The van der Waals surface area contributed by atoms with Crippen molar-refractivity contribution in [1.82, 2.24) is 5.32 Å². The van der Waals surface area contributed by atoms with Crippen molar-refractivity contribution in [3.8, 4) is 0 Å². The highest BCUT2D eigenvalue weighted by Gasteiger charge is 2.23. The molecule has 0 aliphatic rings. The molecule has 0 aromatic heterocycles. The average Bonchev–Trinajstić information content (AvgIpc) is 2.27. The summed E-state index contributed by atoms with van der Waals surface area (Å²) in [7, 11) is 0. The van der Waals surface area contributed by atoms with Crippen LogP contribution in [-0.2, 0) is 0 Å². The number of nitrogens with one attached hydrogen (secondary N) is 2. The van der Waals surface area contributed by atoms with Gasteiger partial charge in [-0.25, -0.2) is 4.39 Å². The third kappa shape index (κ3) is 2.92. The SMILES string of the molecule is CC(C)NC(=O)c1cc(NN)c(F)cc1[N+](=O)[O-]. The number of rotatable bonds is 4. The van der Waals surface area contributed by atoms with E-state index in [-0.39, 0.29) is 17.3 Å². The van der Waals surface area contributed by atoms with Crippen molar-refractivity contribution in [3.63, 3.8) is 0 Å². The predicted molar refractivity (Wildman–Crippen MR) is 63.5 cm³/mol. The lowest BCUT2D eigenvalue weighted by Crippen LogP contribution is -2.30. The number of hydrogen-bond donors (Lipinski definition) is 3. The van der Waals surface area contributed by atoms with Crippen LogP contribution in [0.2, 0.25) is 0 Å². The van der Waals surface area contributed by atoms with Crippen molar-refractivity contribution >= 4 is 17.3 Å². The van der Waals surface area contributed by atoms with Crippen molar-refractivity contribution in [2.24, 2.45) is 5.84 Å². The molecular formula is C10H13FN4O3. The Kier molecular flexibility index (Phi) is 4.16. The number of benzene rings is 1. The summed E-state index contributed by atoms with van der Waals surface area (Å²) < 4.78 is 13.3. The Hall–Kier alpha value is -2.22. The monoisotopic (exact) mass is 256 g/mol. The lowest BCUT2D eigenvalue weighted by molar-refractivity contribution is -0.385. The van der Waals surface area contributed by atoms with E-state index in [1.54, 1.807) is 13.8 Å². The van der Waals surface area contributed by atoms with E-state index in [1.807, 2.05) is 5.43 Å². The van der Waals surface area contributed by atoms with Gasteiger partial charge in [0.1, 0.15) is 5.56 Å². The van der Waals surface area contributed by atoms with Gasteiger partial charge in [-0.15, -0.1) is 0 Å². The summed E-state index contributed by atoms with van der Waals surface area (Å²) >= 11 is 0. The molecule has 0 bridgehead atoms. The summed E-state index contributed by atoms with van der Waals surface area (Å²) in [6.07, 6.45) is 0. The number of hydrazine groups is 1. The molecule has 0 aliphatic carbocycles. The first-order valence-electron chi connectivity index (χ1n) is 5.12. The van der Waals surface area contributed by atoms with Crippen LogP contribution < -0.4 is 16.6 Å². The molecule has 0 atom stereocenters. The lowest BCUT2D eigenvalue weighted by atomic mass is 10.1. The number of nitrogens with zero attached hydrogens (tertiary/aromatic N) is 1. The Morgan fingerprint density at radius 3 is 2.56 bits per heavy atom. The standard InChI is InChI=1S/C10H13FN4O3/c1-5(2)13-10(16)6-3-8(14-12)7(11)4-9(6)15(17)18/h3-5,14H,12H2,1-2H3,(H,13,16). The molecule has 1 rings (SSSR count). The number of nitrogens with two attached hydrogens (primary N) is 1. The fourth-order valence-electron chi connectivity index (χ4n) is 1.35. The van der Waals surface area contributed by atoms with Crippen LogP contribution in [0.4, 0.5) is 15.8 Å². The number of nitrogen functional groups attached to an aromatic ring is 1. The quantitative estimate of drug-likeness (QED) is 0.425. The van der Waals surface area contributed by atoms with Crippen LogP contribution in [0.1, 0.15) is 24.2 Å². The Morgan fingerprint density at radius 1 is 1.50 bits per heavy atom. The summed E-state index contributed by atoms with van der Waals surface area (Å²) in [5.41, 5.74) is 0.993. The zero-order valence-corrected chi connectivity index (χ0v) is 9.86. The minimum atomic E-state index is -0.898. The number of amides is 1. The molecule has 0 fully saturated rings. The molecule has 0 saturated carbocycles. The lowest BCUT2D eigenvalue weighted by Gasteiger charge is -2.10. The van der Waals surface area contributed by atoms with Crippen LogP contribution in [0.3, 0.4) is 0 Å². The Bertz CT molecular complexity index is 490. The number of nitro groups is 1. The number of carbonyl (C=O) groups excluding carboxylic acids is 1. The molecule has 0 aliphatic heterocycles. The molecular weight excluding hydrogens is 243 g/mol. The average molecular weight is 256 g/mol. The molecule has 1 aromatic rings. The smallest absolute Gasteiger partial charge is 0.285 e. The van der Waals surface area contributed by atoms with Crippen LogP contribution in [0.25, 0.3) is 0 Å². The molecule has 0 heterocycles. The van der Waals surface area contributed by atoms with Crippen molar-refractivity contribution in [2.75, 3.05) is 5.43 Å². The molecule has 1 amide bonds. The van der Waals surface area contributed by atoms with Gasteiger partial charge >= 0.3 is 0 Å². The van der Waals surface area contributed by atoms with Gasteiger partial charge in [0.25, 0.3) is 11.6 Å². The van der Waals surface area contributed by atoms with Gasteiger partial charge in [-0.3, -0.25) is 20.8 Å². The Labute approximate surface area is 102 Å². The predicted octanol–water partition coefficient (Wildman–Crippen LogP) is 1.16. The normalized spacial score (nSPS) is 10.3. The molecule has 4 N–H and O–H groups in total. The van der Waals surface area contributed by atoms with Gasteiger partial charge in [-0.2, -0.15) is 0 Å². The van der Waals surface area contributed by atoms with E-state index in [0.717, 1.165) is 6.07 Å². The molecule has 18 heavy (non-hydrogen) atoms. The Balaban J connectivity index is 3.30. The first kappa shape index (κ1) is 13.8. The maximum absolute atomic E-state index is 13.3. The highest BCUT2D eigenvalue weighted by atomic mass is 19.1. The molecule has 98 valence electrons. The molecule has 0 spiro atoms. The van der Waals surface area contributed by atoms with Crippen LogP contribution in [0.5, 0.6) is 0 Å². The van der Waals surface area contributed by atoms with E-state index >= 15 is 0 Å². The molecule has 1 aromatic carbocycles. The van der Waals surface area contributed by atoms with E-state index in [0.29, 0.717) is 6.07 Å². The van der Waals surface area contributed by atoms with E-state index in [2.05, 4.69) is 5.32 Å². The van der Waals surface area contributed by atoms with Crippen LogP contribution >= 0.6 is 0 Å². The van der Waals surface area contributed by atoms with Crippen molar-refractivity contribution in [2.45, 2.75) is 19.9 Å². The number of carbonyl (C=O) groups is 1. The largest absolute Gasteiger partial charge is 0.350 e. The number of nitro benzene ring substituents is 1. The summed E-state index contributed by atoms with van der Waals surface area (Å²) in [5, 5.41) is 13.3. The van der Waals surface area contributed by atoms with E-state index in [1.165, 1.54) is 0 Å². The van der Waals surface area contributed by atoms with E-state index in [9.17, 15) is 19.3 Å². The second-order valence-electron chi connectivity index (χ2n) is 3.88. The van der Waals surface area contributed by atoms with E-state index < -0.39 is 22.3 Å². The zero-order valence-electron chi connectivity index (χ0n) is 9.86. The zero-order chi connectivity index (χ0) is 13.9. The maximum Gasteiger partial charge on any atom is 0.285 e. The third-order valence-electron chi connectivity index (χ3n) is 2.10. The van der Waals surface area contributed by atoms with Gasteiger partial charge in [0, 0.05) is 6.04 Å². The maximum atomic E-state index is 13.3. The fourth-order valence-corrected chi connectivity index (χ4v) is 1.35. The first-order chi connectivity index (χ1) is 8.36. The first-order valence-corrected chi connectivity index (χ1v) is 5.12. The topological polar surface area (TPSA) is 110 Å². The second kappa shape index (κ2) is 5.41. The van der Waals surface area contributed by atoms with Crippen LogP contribution in [-0.4, -0.2) is 16.9 Å². The summed E-state index contributed by atoms with van der Waals surface area (Å²) in [5.74, 6) is 3.50. The highest BCUT2D eigenvalue weighted by molar-refractivity contribution is 5.99. The second-order valence-corrected chi connectivity index (χ2v) is 3.88. The van der Waals surface area contributed by atoms with Gasteiger partial charge in [-0.05, 0) is 19.9 Å². The van der Waals surface area contributed by atoms with Gasteiger partial charge in [-0.1, -0.05) is 0 Å².